The number of amides is 1. The van der Waals surface area contributed by atoms with Gasteiger partial charge in [0.2, 0.25) is 0 Å². The van der Waals surface area contributed by atoms with Crippen molar-refractivity contribution in [2.24, 2.45) is 0 Å². The summed E-state index contributed by atoms with van der Waals surface area (Å²) in [6.07, 6.45) is 7.38. The number of carbonyl (C=O) groups excluding carboxylic acids is 2. The summed E-state index contributed by atoms with van der Waals surface area (Å²) in [6.45, 7) is 1.82. The van der Waals surface area contributed by atoms with Crippen molar-refractivity contribution in [1.82, 2.24) is 10.3 Å². The van der Waals surface area contributed by atoms with Gasteiger partial charge in [0.15, 0.2) is 5.78 Å². The molecule has 0 bridgehead atoms. The minimum Gasteiger partial charge on any atom is -0.349 e. The van der Waals surface area contributed by atoms with Crippen molar-refractivity contribution in [3.05, 3.63) is 47.8 Å². The number of ketones is 1. The summed E-state index contributed by atoms with van der Waals surface area (Å²) in [5, 5.41) is 2.75. The fourth-order valence-corrected chi connectivity index (χ4v) is 1.84. The number of fused-ring (bicyclic) bond motifs is 1. The molecule has 0 aromatic carbocycles. The predicted octanol–water partition coefficient (Wildman–Crippen LogP) is 1.28. The minimum absolute atomic E-state index is 0.0288. The second-order valence-electron chi connectivity index (χ2n) is 4.04. The molecule has 4 heteroatoms. The predicted molar refractivity (Wildman–Crippen MR) is 68.7 cm³/mol. The Morgan fingerprint density at radius 3 is 3.11 bits per heavy atom. The lowest BCUT2D eigenvalue weighted by Gasteiger charge is -2.05. The third kappa shape index (κ3) is 2.71. The molecule has 0 radical (unpaired) electrons. The van der Waals surface area contributed by atoms with Crippen LogP contribution in [0, 0.1) is 0 Å². The highest BCUT2D eigenvalue weighted by Crippen LogP contribution is 2.25. The van der Waals surface area contributed by atoms with E-state index in [1.165, 1.54) is 13.0 Å². The van der Waals surface area contributed by atoms with Gasteiger partial charge < -0.3 is 5.32 Å². The van der Waals surface area contributed by atoms with Gasteiger partial charge in [-0.15, -0.1) is 0 Å². The zero-order valence-corrected chi connectivity index (χ0v) is 10.1. The van der Waals surface area contributed by atoms with Crippen LogP contribution in [0.15, 0.2) is 36.6 Å². The Labute approximate surface area is 105 Å². The van der Waals surface area contributed by atoms with Crippen molar-refractivity contribution in [3.63, 3.8) is 0 Å². The summed E-state index contributed by atoms with van der Waals surface area (Å²) in [4.78, 5) is 26.8. The van der Waals surface area contributed by atoms with Gasteiger partial charge >= 0.3 is 0 Å². The molecule has 4 nitrogen and oxygen atoms in total. The Morgan fingerprint density at radius 1 is 1.50 bits per heavy atom. The summed E-state index contributed by atoms with van der Waals surface area (Å²) in [5.74, 6) is -0.158. The third-order valence-electron chi connectivity index (χ3n) is 2.66. The van der Waals surface area contributed by atoms with Crippen LogP contribution in [-0.4, -0.2) is 23.2 Å². The lowest BCUT2D eigenvalue weighted by atomic mass is 10.1. The Bertz CT molecular complexity index is 544. The van der Waals surface area contributed by atoms with Gasteiger partial charge in [0.1, 0.15) is 0 Å². The SMILES string of the molecule is CC(=O)/C=C/CNC(=O)C1=CCc2ncccc21. The number of allylic oxidation sites excluding steroid dienone is 2. The molecule has 0 spiro atoms. The standard InChI is InChI=1S/C14H14N2O2/c1-10(17)4-2-9-16-14(18)12-6-7-13-11(12)5-3-8-15-13/h2-6,8H,7,9H2,1H3,(H,16,18)/b4-2+. The summed E-state index contributed by atoms with van der Waals surface area (Å²) in [6, 6.07) is 3.72. The van der Waals surface area contributed by atoms with Gasteiger partial charge in [0, 0.05) is 30.3 Å². The first kappa shape index (κ1) is 12.2. The molecule has 1 heterocycles. The fourth-order valence-electron chi connectivity index (χ4n) is 1.84. The van der Waals surface area contributed by atoms with Gasteiger partial charge in [-0.2, -0.15) is 0 Å². The van der Waals surface area contributed by atoms with Crippen LogP contribution in [0.1, 0.15) is 18.2 Å². The molecule has 0 unspecified atom stereocenters. The molecule has 0 saturated carbocycles. The molecule has 1 aromatic heterocycles. The molecule has 2 rings (SSSR count). The zero-order chi connectivity index (χ0) is 13.0. The van der Waals surface area contributed by atoms with E-state index in [9.17, 15) is 9.59 Å². The van der Waals surface area contributed by atoms with Crippen molar-refractivity contribution in [2.45, 2.75) is 13.3 Å². The topological polar surface area (TPSA) is 59.1 Å². The monoisotopic (exact) mass is 242 g/mol. The van der Waals surface area contributed by atoms with Crippen LogP contribution in [-0.2, 0) is 16.0 Å². The molecule has 0 fully saturated rings. The van der Waals surface area contributed by atoms with E-state index in [2.05, 4.69) is 10.3 Å². The fraction of sp³-hybridized carbons (Fsp3) is 0.214. The molecule has 0 atom stereocenters. The molecular formula is C14H14N2O2. The largest absolute Gasteiger partial charge is 0.349 e. The van der Waals surface area contributed by atoms with Crippen molar-refractivity contribution in [3.8, 4) is 0 Å². The van der Waals surface area contributed by atoms with Crippen LogP contribution >= 0.6 is 0 Å². The molecule has 0 saturated heterocycles. The quantitative estimate of drug-likeness (QED) is 0.809. The van der Waals surface area contributed by atoms with Gasteiger partial charge in [0.05, 0.1) is 5.69 Å². The maximum atomic E-state index is 11.9. The van der Waals surface area contributed by atoms with E-state index in [0.29, 0.717) is 18.5 Å². The van der Waals surface area contributed by atoms with Gasteiger partial charge in [-0.3, -0.25) is 14.6 Å². The average molecular weight is 242 g/mol. The Kier molecular flexibility index (Phi) is 3.67. The molecule has 0 aliphatic heterocycles. The number of carbonyl (C=O) groups is 2. The van der Waals surface area contributed by atoms with Gasteiger partial charge in [-0.25, -0.2) is 0 Å². The normalized spacial score (nSPS) is 13.3. The van der Waals surface area contributed by atoms with E-state index in [-0.39, 0.29) is 11.7 Å². The van der Waals surface area contributed by atoms with Gasteiger partial charge in [-0.05, 0) is 19.1 Å². The lowest BCUT2D eigenvalue weighted by molar-refractivity contribution is -0.115. The molecule has 1 aliphatic carbocycles. The molecule has 1 aliphatic rings. The van der Waals surface area contributed by atoms with Crippen molar-refractivity contribution in [2.75, 3.05) is 6.54 Å². The summed E-state index contributed by atoms with van der Waals surface area (Å²) < 4.78 is 0. The van der Waals surface area contributed by atoms with Gasteiger partial charge in [-0.1, -0.05) is 18.2 Å². The molecule has 18 heavy (non-hydrogen) atoms. The Hall–Kier alpha value is -2.23. The minimum atomic E-state index is -0.130. The maximum Gasteiger partial charge on any atom is 0.251 e. The highest BCUT2D eigenvalue weighted by Gasteiger charge is 2.19. The summed E-state index contributed by atoms with van der Waals surface area (Å²) in [7, 11) is 0. The molecule has 1 amide bonds. The first-order chi connectivity index (χ1) is 8.68. The third-order valence-corrected chi connectivity index (χ3v) is 2.66. The highest BCUT2D eigenvalue weighted by molar-refractivity contribution is 6.20. The molecule has 1 N–H and O–H groups in total. The molecular weight excluding hydrogens is 228 g/mol. The van der Waals surface area contributed by atoms with Crippen LogP contribution in [0.3, 0.4) is 0 Å². The Morgan fingerprint density at radius 2 is 2.33 bits per heavy atom. The zero-order valence-electron chi connectivity index (χ0n) is 10.1. The van der Waals surface area contributed by atoms with E-state index < -0.39 is 0 Å². The number of pyridine rings is 1. The van der Waals surface area contributed by atoms with E-state index in [1.54, 1.807) is 12.3 Å². The second-order valence-corrected chi connectivity index (χ2v) is 4.04. The first-order valence-electron chi connectivity index (χ1n) is 5.78. The van der Waals surface area contributed by atoms with Crippen LogP contribution < -0.4 is 5.32 Å². The maximum absolute atomic E-state index is 11.9. The van der Waals surface area contributed by atoms with Crippen LogP contribution in [0.5, 0.6) is 0 Å². The number of aromatic nitrogens is 1. The van der Waals surface area contributed by atoms with Crippen molar-refractivity contribution >= 4 is 17.3 Å². The van der Waals surface area contributed by atoms with E-state index >= 15 is 0 Å². The highest BCUT2D eigenvalue weighted by atomic mass is 16.1. The number of nitrogens with one attached hydrogen (secondary N) is 1. The molecule has 1 aromatic rings. The second kappa shape index (κ2) is 5.40. The van der Waals surface area contributed by atoms with Crippen molar-refractivity contribution < 1.29 is 9.59 Å². The Balaban J connectivity index is 1.98. The lowest BCUT2D eigenvalue weighted by Crippen LogP contribution is -2.24. The number of hydrogen-bond donors (Lipinski definition) is 1. The number of hydrogen-bond acceptors (Lipinski definition) is 3. The van der Waals surface area contributed by atoms with Crippen LogP contribution in [0.2, 0.25) is 0 Å². The average Bonchev–Trinajstić information content (AvgIpc) is 2.78. The van der Waals surface area contributed by atoms with Crippen molar-refractivity contribution in [1.29, 1.82) is 0 Å². The van der Waals surface area contributed by atoms with E-state index in [1.807, 2.05) is 18.2 Å². The first-order valence-corrected chi connectivity index (χ1v) is 5.78. The van der Waals surface area contributed by atoms with Crippen LogP contribution in [0.25, 0.3) is 5.57 Å². The van der Waals surface area contributed by atoms with Crippen LogP contribution in [0.4, 0.5) is 0 Å². The number of rotatable bonds is 4. The number of nitrogens with zero attached hydrogens (tertiary/aromatic N) is 1. The van der Waals surface area contributed by atoms with E-state index in [4.69, 9.17) is 0 Å². The summed E-state index contributed by atoms with van der Waals surface area (Å²) in [5.41, 5.74) is 2.49. The molecule has 92 valence electrons. The van der Waals surface area contributed by atoms with E-state index in [0.717, 1.165) is 11.3 Å². The smallest absolute Gasteiger partial charge is 0.251 e. The van der Waals surface area contributed by atoms with Gasteiger partial charge in [0.25, 0.3) is 5.91 Å². The summed E-state index contributed by atoms with van der Waals surface area (Å²) >= 11 is 0.